The van der Waals surface area contributed by atoms with Crippen LogP contribution in [0.4, 0.5) is 0 Å². The van der Waals surface area contributed by atoms with Crippen LogP contribution in [0, 0.1) is 12.8 Å². The van der Waals surface area contributed by atoms with Gasteiger partial charge in [-0.25, -0.2) is 4.98 Å². The number of nitrogens with zero attached hydrogens (tertiary/aromatic N) is 4. The molecule has 0 amide bonds. The molecule has 2 aromatic rings. The van der Waals surface area contributed by atoms with Crippen molar-refractivity contribution < 1.29 is 9.47 Å². The van der Waals surface area contributed by atoms with E-state index in [1.165, 1.54) is 5.69 Å². The molecule has 0 unspecified atom stereocenters. The standard InChI is InChI=1S/C17H24N4O2S/c1-13-19-15(12-24-13)10-23-9-14-6-20(17-3-5-22-11-17)8-16-2-4-18-21(16)7-14/h2,4,12,14,17H,3,5-11H2,1H3/t14-,17-/m1/s1. The molecule has 0 aromatic carbocycles. The van der Waals surface area contributed by atoms with E-state index in [-0.39, 0.29) is 0 Å². The minimum atomic E-state index is 0.437. The average Bonchev–Trinajstić information content (AvgIpc) is 3.29. The lowest BCUT2D eigenvalue weighted by Gasteiger charge is -2.28. The highest BCUT2D eigenvalue weighted by Gasteiger charge is 2.29. The van der Waals surface area contributed by atoms with Gasteiger partial charge in [-0.1, -0.05) is 0 Å². The Bertz CT molecular complexity index is 665. The van der Waals surface area contributed by atoms with Crippen molar-refractivity contribution in [2.75, 3.05) is 26.4 Å². The number of hydrogen-bond acceptors (Lipinski definition) is 6. The Morgan fingerprint density at radius 2 is 2.38 bits per heavy atom. The zero-order chi connectivity index (χ0) is 16.4. The molecule has 0 aliphatic carbocycles. The van der Waals surface area contributed by atoms with Crippen LogP contribution in [0.1, 0.15) is 22.8 Å². The van der Waals surface area contributed by atoms with Crippen molar-refractivity contribution in [2.45, 2.75) is 39.1 Å². The average molecular weight is 348 g/mol. The van der Waals surface area contributed by atoms with Crippen molar-refractivity contribution in [3.8, 4) is 0 Å². The molecule has 0 bridgehead atoms. The summed E-state index contributed by atoms with van der Waals surface area (Å²) in [6, 6.07) is 2.65. The van der Waals surface area contributed by atoms with Gasteiger partial charge < -0.3 is 9.47 Å². The summed E-state index contributed by atoms with van der Waals surface area (Å²) in [5, 5.41) is 7.66. The number of aryl methyl sites for hydroxylation is 1. The molecule has 2 aliphatic heterocycles. The molecule has 24 heavy (non-hydrogen) atoms. The fraction of sp³-hybridized carbons (Fsp3) is 0.647. The Hall–Kier alpha value is -1.28. The van der Waals surface area contributed by atoms with Gasteiger partial charge in [0.15, 0.2) is 0 Å². The second-order valence-corrected chi connectivity index (χ2v) is 7.75. The second-order valence-electron chi connectivity index (χ2n) is 6.69. The number of thiazole rings is 1. The van der Waals surface area contributed by atoms with Gasteiger partial charge in [-0.3, -0.25) is 9.58 Å². The van der Waals surface area contributed by atoms with E-state index in [1.54, 1.807) is 11.3 Å². The predicted molar refractivity (Wildman–Crippen MR) is 91.9 cm³/mol. The summed E-state index contributed by atoms with van der Waals surface area (Å²) in [4.78, 5) is 7.02. The lowest BCUT2D eigenvalue weighted by molar-refractivity contribution is 0.0547. The van der Waals surface area contributed by atoms with Crippen LogP contribution in [0.2, 0.25) is 0 Å². The fourth-order valence-corrected chi connectivity index (χ4v) is 4.16. The zero-order valence-corrected chi connectivity index (χ0v) is 14.9. The molecule has 4 heterocycles. The lowest BCUT2D eigenvalue weighted by Crippen LogP contribution is -2.38. The van der Waals surface area contributed by atoms with Gasteiger partial charge in [0.05, 0.1) is 36.2 Å². The molecule has 1 saturated heterocycles. The maximum absolute atomic E-state index is 5.98. The van der Waals surface area contributed by atoms with Gasteiger partial charge in [0.25, 0.3) is 0 Å². The topological polar surface area (TPSA) is 52.4 Å². The Balaban J connectivity index is 1.39. The third-order valence-corrected chi connectivity index (χ3v) is 5.61. The number of aromatic nitrogens is 3. The summed E-state index contributed by atoms with van der Waals surface area (Å²) in [6.07, 6.45) is 3.03. The third-order valence-electron chi connectivity index (χ3n) is 4.79. The van der Waals surface area contributed by atoms with Crippen LogP contribution in [0.25, 0.3) is 0 Å². The van der Waals surface area contributed by atoms with Gasteiger partial charge in [0, 0.05) is 49.8 Å². The van der Waals surface area contributed by atoms with E-state index >= 15 is 0 Å². The fourth-order valence-electron chi connectivity index (χ4n) is 3.56. The number of fused-ring (bicyclic) bond motifs is 1. The van der Waals surface area contributed by atoms with Crippen LogP contribution in [0.3, 0.4) is 0 Å². The molecule has 0 saturated carbocycles. The highest BCUT2D eigenvalue weighted by molar-refractivity contribution is 7.09. The summed E-state index contributed by atoms with van der Waals surface area (Å²) in [5.74, 6) is 0.437. The SMILES string of the molecule is Cc1nc(COC[C@@H]2CN([C@@H]3CCOC3)Cc3ccnn3C2)cs1. The number of rotatable bonds is 5. The van der Waals surface area contributed by atoms with E-state index in [9.17, 15) is 0 Å². The Kier molecular flexibility index (Phi) is 4.93. The maximum atomic E-state index is 5.98. The number of ether oxygens (including phenoxy) is 2. The van der Waals surface area contributed by atoms with Crippen LogP contribution in [0.15, 0.2) is 17.6 Å². The molecule has 1 fully saturated rings. The van der Waals surface area contributed by atoms with E-state index < -0.39 is 0 Å². The molecule has 6 nitrogen and oxygen atoms in total. The van der Waals surface area contributed by atoms with Crippen molar-refractivity contribution in [3.05, 3.63) is 34.0 Å². The van der Waals surface area contributed by atoms with Crippen molar-refractivity contribution in [1.82, 2.24) is 19.7 Å². The van der Waals surface area contributed by atoms with Crippen molar-refractivity contribution in [1.29, 1.82) is 0 Å². The summed E-state index contributed by atoms with van der Waals surface area (Å²) in [5.41, 5.74) is 2.33. The van der Waals surface area contributed by atoms with Crippen LogP contribution in [0.5, 0.6) is 0 Å². The monoisotopic (exact) mass is 348 g/mol. The van der Waals surface area contributed by atoms with Crippen molar-refractivity contribution in [2.24, 2.45) is 5.92 Å². The minimum Gasteiger partial charge on any atom is -0.380 e. The lowest BCUT2D eigenvalue weighted by atomic mass is 10.1. The van der Waals surface area contributed by atoms with E-state index in [0.29, 0.717) is 18.6 Å². The molecule has 4 rings (SSSR count). The Labute approximate surface area is 146 Å². The van der Waals surface area contributed by atoms with Crippen molar-refractivity contribution in [3.63, 3.8) is 0 Å². The zero-order valence-electron chi connectivity index (χ0n) is 14.1. The first-order valence-electron chi connectivity index (χ1n) is 8.59. The van der Waals surface area contributed by atoms with E-state index in [4.69, 9.17) is 9.47 Å². The normalized spacial score (nSPS) is 24.9. The first kappa shape index (κ1) is 16.2. The largest absolute Gasteiger partial charge is 0.380 e. The van der Waals surface area contributed by atoms with E-state index in [1.807, 2.05) is 13.1 Å². The predicted octanol–water partition coefficient (Wildman–Crippen LogP) is 2.09. The van der Waals surface area contributed by atoms with E-state index in [2.05, 4.69) is 31.1 Å². The molecular formula is C17H24N4O2S. The third kappa shape index (κ3) is 3.69. The number of hydrogen-bond donors (Lipinski definition) is 0. The van der Waals surface area contributed by atoms with Crippen LogP contribution in [-0.4, -0.2) is 52.1 Å². The molecule has 2 aliphatic rings. The molecule has 2 atom stereocenters. The highest BCUT2D eigenvalue weighted by atomic mass is 32.1. The van der Waals surface area contributed by atoms with Gasteiger partial charge in [-0.15, -0.1) is 11.3 Å². The van der Waals surface area contributed by atoms with Gasteiger partial charge in [-0.2, -0.15) is 5.10 Å². The Morgan fingerprint density at radius 1 is 1.42 bits per heavy atom. The minimum absolute atomic E-state index is 0.437. The first-order chi connectivity index (χ1) is 11.8. The molecule has 0 N–H and O–H groups in total. The first-order valence-corrected chi connectivity index (χ1v) is 9.47. The summed E-state index contributed by atoms with van der Waals surface area (Å²) >= 11 is 1.68. The second kappa shape index (κ2) is 7.31. The van der Waals surface area contributed by atoms with Gasteiger partial charge in [0.2, 0.25) is 0 Å². The molecule has 7 heteroatoms. The summed E-state index contributed by atoms with van der Waals surface area (Å²) in [6.45, 7) is 8.00. The van der Waals surface area contributed by atoms with Crippen LogP contribution in [-0.2, 0) is 29.2 Å². The molecular weight excluding hydrogens is 324 g/mol. The molecule has 130 valence electrons. The summed E-state index contributed by atoms with van der Waals surface area (Å²) < 4.78 is 13.7. The van der Waals surface area contributed by atoms with Crippen LogP contribution < -0.4 is 0 Å². The smallest absolute Gasteiger partial charge is 0.0898 e. The maximum Gasteiger partial charge on any atom is 0.0898 e. The van der Waals surface area contributed by atoms with Gasteiger partial charge in [0.1, 0.15) is 0 Å². The summed E-state index contributed by atoms with van der Waals surface area (Å²) in [7, 11) is 0. The Morgan fingerprint density at radius 3 is 3.17 bits per heavy atom. The van der Waals surface area contributed by atoms with E-state index in [0.717, 1.165) is 56.6 Å². The van der Waals surface area contributed by atoms with Gasteiger partial charge >= 0.3 is 0 Å². The van der Waals surface area contributed by atoms with Gasteiger partial charge in [-0.05, 0) is 19.4 Å². The quantitative estimate of drug-likeness (QED) is 0.828. The van der Waals surface area contributed by atoms with Crippen molar-refractivity contribution >= 4 is 11.3 Å². The van der Waals surface area contributed by atoms with Crippen LogP contribution >= 0.6 is 11.3 Å². The molecule has 2 aromatic heterocycles. The molecule has 0 radical (unpaired) electrons. The highest BCUT2D eigenvalue weighted by Crippen LogP contribution is 2.22. The molecule has 0 spiro atoms.